The molecule has 0 saturated heterocycles. The van der Waals surface area contributed by atoms with Gasteiger partial charge in [-0.2, -0.15) is 0 Å². The standard InChI is InChI=1S/C2H5O4Si2.3Na/c1-7-2-6-8(3,4)5;;;/h2H2,1H3;;;/q-3;3*+1. The van der Waals surface area contributed by atoms with Crippen LogP contribution in [0.25, 0.3) is 0 Å². The molecule has 0 aromatic carbocycles. The van der Waals surface area contributed by atoms with Crippen molar-refractivity contribution in [1.82, 2.24) is 0 Å². The zero-order valence-electron chi connectivity index (χ0n) is 7.34. The molecule has 9 heteroatoms. The Bertz CT molecular complexity index is 68.8. The molecule has 0 aromatic heterocycles. The van der Waals surface area contributed by atoms with Crippen molar-refractivity contribution in [1.29, 1.82) is 0 Å². The van der Waals surface area contributed by atoms with Gasteiger partial charge in [0.25, 0.3) is 0 Å². The third-order valence-electron chi connectivity index (χ3n) is 0.393. The van der Waals surface area contributed by atoms with Crippen molar-refractivity contribution >= 4 is 18.6 Å². The first-order valence-corrected chi connectivity index (χ1v) is 5.30. The Kier molecular flexibility index (Phi) is 28.8. The molecule has 0 aliphatic rings. The van der Waals surface area contributed by atoms with Crippen molar-refractivity contribution in [3.8, 4) is 0 Å². The molecule has 0 bridgehead atoms. The van der Waals surface area contributed by atoms with Gasteiger partial charge in [-0.25, -0.2) is 0 Å². The van der Waals surface area contributed by atoms with Crippen molar-refractivity contribution in [3.05, 3.63) is 0 Å². The number of hydrogen-bond donors (Lipinski definition) is 0. The van der Waals surface area contributed by atoms with Crippen LogP contribution in [0.5, 0.6) is 0 Å². The maximum Gasteiger partial charge on any atom is 1.00 e. The van der Waals surface area contributed by atoms with Crippen molar-refractivity contribution in [2.45, 2.75) is 6.55 Å². The van der Waals surface area contributed by atoms with E-state index in [0.29, 0.717) is 9.52 Å². The number of rotatable bonds is 3. The van der Waals surface area contributed by atoms with E-state index in [1.165, 1.54) is 0 Å². The fourth-order valence-electron chi connectivity index (χ4n) is 0.161. The topological polar surface area (TPSA) is 78.4 Å². The minimum atomic E-state index is -4.92. The van der Waals surface area contributed by atoms with Crippen LogP contribution in [0.15, 0.2) is 0 Å². The van der Waals surface area contributed by atoms with E-state index in [9.17, 15) is 14.4 Å². The van der Waals surface area contributed by atoms with Crippen LogP contribution in [0.1, 0.15) is 0 Å². The summed E-state index contributed by atoms with van der Waals surface area (Å²) in [5.41, 5.74) is 0. The summed E-state index contributed by atoms with van der Waals surface area (Å²) in [6.07, 6.45) is 0.0305. The predicted octanol–water partition coefficient (Wildman–Crippen LogP) is -12.8. The second kappa shape index (κ2) is 13.3. The Morgan fingerprint density at radius 2 is 1.55 bits per heavy atom. The molecule has 0 aromatic rings. The zero-order valence-corrected chi connectivity index (χ0v) is 15.3. The van der Waals surface area contributed by atoms with Crippen molar-refractivity contribution in [2.75, 3.05) is 6.23 Å². The normalized spacial score (nSPS) is 8.73. The van der Waals surface area contributed by atoms with Gasteiger partial charge in [0.15, 0.2) is 0 Å². The van der Waals surface area contributed by atoms with Gasteiger partial charge in [-0.3, -0.25) is 0 Å². The molecule has 4 nitrogen and oxygen atoms in total. The molecule has 0 aliphatic carbocycles. The van der Waals surface area contributed by atoms with Crippen molar-refractivity contribution in [3.63, 3.8) is 0 Å². The maximum atomic E-state index is 9.67. The van der Waals surface area contributed by atoms with E-state index in [4.69, 9.17) is 0 Å². The second-order valence-corrected chi connectivity index (χ2v) is 3.43. The van der Waals surface area contributed by atoms with Crippen LogP contribution in [0, 0.1) is 0 Å². The monoisotopic (exact) mass is 218 g/mol. The van der Waals surface area contributed by atoms with Gasteiger partial charge in [-0.05, 0) is 0 Å². The minimum absolute atomic E-state index is 0. The van der Waals surface area contributed by atoms with E-state index in [1.54, 1.807) is 6.55 Å². The largest absolute Gasteiger partial charge is 1.00 e. The molecule has 48 valence electrons. The van der Waals surface area contributed by atoms with Gasteiger partial charge in [0, 0.05) is 6.23 Å². The molecule has 0 rings (SSSR count). The fraction of sp³-hybridized carbons (Fsp3) is 1.00. The molecule has 0 spiro atoms. The molecule has 0 amide bonds. The summed E-state index contributed by atoms with van der Waals surface area (Å²) in [5.74, 6) is 0. The van der Waals surface area contributed by atoms with Gasteiger partial charge in [0.2, 0.25) is 0 Å². The van der Waals surface area contributed by atoms with E-state index >= 15 is 0 Å². The van der Waals surface area contributed by atoms with E-state index in [2.05, 4.69) is 4.43 Å². The molecule has 0 saturated carbocycles. The molecule has 0 heterocycles. The van der Waals surface area contributed by atoms with Crippen LogP contribution in [0.3, 0.4) is 0 Å². The molecular formula is C2H5Na3O4Si2. The molecular weight excluding hydrogens is 213 g/mol. The van der Waals surface area contributed by atoms with Crippen molar-refractivity contribution < 1.29 is 107 Å². The van der Waals surface area contributed by atoms with Gasteiger partial charge in [-0.15, -0.1) is 9.05 Å². The Morgan fingerprint density at radius 3 is 1.64 bits per heavy atom. The first-order chi connectivity index (χ1) is 3.56. The smallest absolute Gasteiger partial charge is 0.861 e. The van der Waals surface area contributed by atoms with Crippen LogP contribution in [0.4, 0.5) is 0 Å². The van der Waals surface area contributed by atoms with Crippen LogP contribution in [0.2, 0.25) is 6.55 Å². The molecule has 0 unspecified atom stereocenters. The number of hydrogen-bond acceptors (Lipinski definition) is 4. The molecule has 0 fully saturated rings. The molecule has 11 heavy (non-hydrogen) atoms. The first-order valence-electron chi connectivity index (χ1n) is 1.96. The zero-order chi connectivity index (χ0) is 6.62. The van der Waals surface area contributed by atoms with Gasteiger partial charge in [-0.1, -0.05) is 6.55 Å². The molecule has 2 radical (unpaired) electrons. The Labute approximate surface area is 136 Å². The first kappa shape index (κ1) is 23.8. The molecule has 0 atom stereocenters. The summed E-state index contributed by atoms with van der Waals surface area (Å²) in [6, 6.07) is 0. The summed E-state index contributed by atoms with van der Waals surface area (Å²) in [5, 5.41) is 0. The van der Waals surface area contributed by atoms with Gasteiger partial charge in [0.05, 0.1) is 9.52 Å². The third-order valence-corrected chi connectivity index (χ3v) is 1.61. The fourth-order valence-corrected chi connectivity index (χ4v) is 1.45. The SMILES string of the molecule is C[Si]CO[Si]([O-])([O-])[O-].[Na+].[Na+].[Na+]. The summed E-state index contributed by atoms with van der Waals surface area (Å²) < 4.78 is 3.86. The Balaban J connectivity index is -0.0000000817. The van der Waals surface area contributed by atoms with Crippen LogP contribution < -0.4 is 103 Å². The quantitative estimate of drug-likeness (QED) is 0.441. The summed E-state index contributed by atoms with van der Waals surface area (Å²) in [4.78, 5) is 29.0. The Morgan fingerprint density at radius 1 is 1.18 bits per heavy atom. The minimum Gasteiger partial charge on any atom is -0.861 e. The predicted molar refractivity (Wildman–Crippen MR) is 23.3 cm³/mol. The van der Waals surface area contributed by atoms with Gasteiger partial charge in [0.1, 0.15) is 0 Å². The van der Waals surface area contributed by atoms with E-state index < -0.39 is 9.05 Å². The van der Waals surface area contributed by atoms with Crippen molar-refractivity contribution in [2.24, 2.45) is 0 Å². The second-order valence-electron chi connectivity index (χ2n) is 1.14. The van der Waals surface area contributed by atoms with Crippen LogP contribution in [-0.4, -0.2) is 24.8 Å². The van der Waals surface area contributed by atoms with Crippen LogP contribution >= 0.6 is 0 Å². The van der Waals surface area contributed by atoms with E-state index in [0.717, 1.165) is 0 Å². The Hall–Kier alpha value is 3.27. The average Bonchev–Trinajstić information content (AvgIpc) is 1.59. The van der Waals surface area contributed by atoms with Gasteiger partial charge >= 0.3 is 88.7 Å². The average molecular weight is 218 g/mol. The van der Waals surface area contributed by atoms with E-state index in [-0.39, 0.29) is 94.9 Å². The van der Waals surface area contributed by atoms with Gasteiger partial charge < -0.3 is 18.8 Å². The summed E-state index contributed by atoms with van der Waals surface area (Å²) in [7, 11) is -4.58. The van der Waals surface area contributed by atoms with Crippen LogP contribution in [-0.2, 0) is 4.43 Å². The van der Waals surface area contributed by atoms with E-state index in [1.807, 2.05) is 0 Å². The third kappa shape index (κ3) is 24.6. The molecule has 0 N–H and O–H groups in total. The summed E-state index contributed by atoms with van der Waals surface area (Å²) >= 11 is 0. The summed E-state index contributed by atoms with van der Waals surface area (Å²) in [6.45, 7) is 1.75. The molecule has 0 aliphatic heterocycles. The maximum absolute atomic E-state index is 9.67.